The second-order valence-electron chi connectivity index (χ2n) is 3.52. The Labute approximate surface area is 113 Å². The summed E-state index contributed by atoms with van der Waals surface area (Å²) in [5, 5.41) is 6.96. The van der Waals surface area contributed by atoms with Gasteiger partial charge in [-0.05, 0) is 28.9 Å². The summed E-state index contributed by atoms with van der Waals surface area (Å²) >= 11 is 2.81. The van der Waals surface area contributed by atoms with Crippen molar-refractivity contribution in [3.05, 3.63) is 39.6 Å². The molecule has 9 heteroatoms. The van der Waals surface area contributed by atoms with E-state index >= 15 is 0 Å². The zero-order valence-corrected chi connectivity index (χ0v) is 10.9. The summed E-state index contributed by atoms with van der Waals surface area (Å²) < 4.78 is 39.7. The highest BCUT2D eigenvalue weighted by Crippen LogP contribution is 2.23. The molecule has 0 aliphatic carbocycles. The minimum absolute atomic E-state index is 0.0189. The zero-order valence-electron chi connectivity index (χ0n) is 9.32. The Hall–Kier alpha value is -1.90. The van der Waals surface area contributed by atoms with Gasteiger partial charge in [-0.1, -0.05) is 5.21 Å². The van der Waals surface area contributed by atoms with Crippen LogP contribution in [0.5, 0.6) is 0 Å². The third-order valence-electron chi connectivity index (χ3n) is 2.32. The van der Waals surface area contributed by atoms with E-state index in [0.29, 0.717) is 4.68 Å². The number of hydrogen-bond donors (Lipinski definition) is 0. The van der Waals surface area contributed by atoms with Crippen LogP contribution < -0.4 is 0 Å². The minimum Gasteiger partial charge on any atom is -0.247 e. The molecule has 1 heterocycles. The maximum atomic E-state index is 13.7. The van der Waals surface area contributed by atoms with Crippen LogP contribution in [0, 0.1) is 18.6 Å². The summed E-state index contributed by atoms with van der Waals surface area (Å²) in [7, 11) is 0. The molecule has 2 aromatic rings. The molecular weight excluding hydrogens is 331 g/mol. The molecule has 0 unspecified atom stereocenters. The van der Waals surface area contributed by atoms with E-state index in [1.165, 1.54) is 6.92 Å². The molecule has 0 aliphatic heterocycles. The molecule has 0 radical (unpaired) electrons. The van der Waals surface area contributed by atoms with Gasteiger partial charge in [-0.15, -0.1) is 5.10 Å². The standard InChI is InChI=1S/C10H5BrF3N3O2/c1-4-9(10(18)19-14)17(16-15-4)8-3-6(12)5(11)2-7(8)13/h2-3H,1H3. The lowest BCUT2D eigenvalue weighted by Gasteiger charge is -2.06. The van der Waals surface area contributed by atoms with Crippen LogP contribution in [0.3, 0.4) is 0 Å². The summed E-state index contributed by atoms with van der Waals surface area (Å²) in [5.41, 5.74) is -0.796. The Morgan fingerprint density at radius 3 is 2.68 bits per heavy atom. The zero-order chi connectivity index (χ0) is 14.2. The Morgan fingerprint density at radius 2 is 2.05 bits per heavy atom. The average Bonchev–Trinajstić information content (AvgIpc) is 2.74. The number of carbonyl (C=O) groups is 1. The van der Waals surface area contributed by atoms with Gasteiger partial charge in [0.15, 0.2) is 5.69 Å². The van der Waals surface area contributed by atoms with Gasteiger partial charge in [0, 0.05) is 10.6 Å². The number of carbonyl (C=O) groups excluding carboxylic acids is 1. The van der Waals surface area contributed by atoms with Crippen LogP contribution in [-0.2, 0) is 4.94 Å². The van der Waals surface area contributed by atoms with Crippen molar-refractivity contribution in [3.8, 4) is 5.69 Å². The average molecular weight is 336 g/mol. The van der Waals surface area contributed by atoms with Crippen molar-refractivity contribution in [3.63, 3.8) is 0 Å². The normalized spacial score (nSPS) is 10.6. The lowest BCUT2D eigenvalue weighted by molar-refractivity contribution is -0.0796. The molecule has 19 heavy (non-hydrogen) atoms. The van der Waals surface area contributed by atoms with Gasteiger partial charge in [0.2, 0.25) is 0 Å². The molecule has 0 spiro atoms. The number of aromatic nitrogens is 3. The molecule has 0 N–H and O–H groups in total. The molecule has 2 rings (SSSR count). The van der Waals surface area contributed by atoms with Crippen molar-refractivity contribution in [2.24, 2.45) is 0 Å². The van der Waals surface area contributed by atoms with Gasteiger partial charge >= 0.3 is 5.97 Å². The van der Waals surface area contributed by atoms with Gasteiger partial charge in [-0.25, -0.2) is 23.2 Å². The Kier molecular flexibility index (Phi) is 3.56. The Balaban J connectivity index is 2.66. The van der Waals surface area contributed by atoms with E-state index in [2.05, 4.69) is 31.2 Å². The van der Waals surface area contributed by atoms with Gasteiger partial charge in [0.05, 0.1) is 10.2 Å². The first-order valence-electron chi connectivity index (χ1n) is 4.86. The van der Waals surface area contributed by atoms with Gasteiger partial charge in [0.1, 0.15) is 17.3 Å². The summed E-state index contributed by atoms with van der Waals surface area (Å²) in [4.78, 5) is 14.3. The smallest absolute Gasteiger partial charge is 0.247 e. The molecule has 0 amide bonds. The van der Waals surface area contributed by atoms with E-state index in [9.17, 15) is 18.1 Å². The summed E-state index contributed by atoms with van der Waals surface area (Å²) in [6, 6.07) is 1.65. The fourth-order valence-electron chi connectivity index (χ4n) is 1.47. The van der Waals surface area contributed by atoms with E-state index in [1.54, 1.807) is 0 Å². The van der Waals surface area contributed by atoms with Crippen molar-refractivity contribution in [2.75, 3.05) is 0 Å². The quantitative estimate of drug-likeness (QED) is 0.792. The van der Waals surface area contributed by atoms with Crippen LogP contribution in [0.2, 0.25) is 0 Å². The highest BCUT2D eigenvalue weighted by atomic mass is 79.9. The predicted octanol–water partition coefficient (Wildman–Crippen LogP) is 2.66. The fraction of sp³-hybridized carbons (Fsp3) is 0.100. The van der Waals surface area contributed by atoms with Crippen molar-refractivity contribution >= 4 is 21.9 Å². The van der Waals surface area contributed by atoms with E-state index in [1.807, 2.05) is 0 Å². The second kappa shape index (κ2) is 5.00. The van der Waals surface area contributed by atoms with Crippen LogP contribution >= 0.6 is 15.9 Å². The van der Waals surface area contributed by atoms with E-state index in [0.717, 1.165) is 12.1 Å². The highest BCUT2D eigenvalue weighted by Gasteiger charge is 2.23. The SMILES string of the molecule is Cc1nnn(-c2cc(F)c(Br)cc2F)c1C(=O)OF. The molecule has 1 aromatic heterocycles. The molecule has 1 aromatic carbocycles. The van der Waals surface area contributed by atoms with Gasteiger partial charge in [0.25, 0.3) is 0 Å². The first-order chi connectivity index (χ1) is 8.95. The topological polar surface area (TPSA) is 57.0 Å². The summed E-state index contributed by atoms with van der Waals surface area (Å²) in [6.07, 6.45) is 0. The van der Waals surface area contributed by atoms with Gasteiger partial charge < -0.3 is 0 Å². The predicted molar refractivity (Wildman–Crippen MR) is 60.2 cm³/mol. The molecule has 0 fully saturated rings. The number of aryl methyl sites for hydroxylation is 1. The molecule has 0 bridgehead atoms. The molecule has 0 saturated carbocycles. The maximum Gasteiger partial charge on any atom is 0.399 e. The third kappa shape index (κ3) is 2.33. The van der Waals surface area contributed by atoms with E-state index < -0.39 is 23.3 Å². The van der Waals surface area contributed by atoms with E-state index in [4.69, 9.17) is 0 Å². The first-order valence-corrected chi connectivity index (χ1v) is 5.65. The van der Waals surface area contributed by atoms with Crippen LogP contribution in [0.25, 0.3) is 5.69 Å². The molecule has 5 nitrogen and oxygen atoms in total. The van der Waals surface area contributed by atoms with Crippen molar-refractivity contribution < 1.29 is 23.0 Å². The third-order valence-corrected chi connectivity index (χ3v) is 2.93. The molecule has 100 valence electrons. The maximum absolute atomic E-state index is 13.7. The number of hydrogen-bond acceptors (Lipinski definition) is 4. The van der Waals surface area contributed by atoms with Gasteiger partial charge in [-0.2, -0.15) is 0 Å². The molecule has 0 atom stereocenters. The second-order valence-corrected chi connectivity index (χ2v) is 4.37. The largest absolute Gasteiger partial charge is 0.399 e. The number of nitrogens with zero attached hydrogens (tertiary/aromatic N) is 3. The minimum atomic E-state index is -1.40. The number of halogens is 4. The van der Waals surface area contributed by atoms with Crippen LogP contribution in [-0.4, -0.2) is 21.0 Å². The summed E-state index contributed by atoms with van der Waals surface area (Å²) in [5.74, 6) is -3.04. The molecular formula is C10H5BrF3N3O2. The number of rotatable bonds is 2. The monoisotopic (exact) mass is 335 g/mol. The lowest BCUT2D eigenvalue weighted by atomic mass is 10.2. The fourth-order valence-corrected chi connectivity index (χ4v) is 1.79. The Morgan fingerprint density at radius 1 is 1.37 bits per heavy atom. The van der Waals surface area contributed by atoms with Crippen molar-refractivity contribution in [1.82, 2.24) is 15.0 Å². The Bertz CT molecular complexity index is 660. The van der Waals surface area contributed by atoms with Crippen molar-refractivity contribution in [2.45, 2.75) is 6.92 Å². The van der Waals surface area contributed by atoms with Crippen molar-refractivity contribution in [1.29, 1.82) is 0 Å². The summed E-state index contributed by atoms with van der Waals surface area (Å²) in [6.45, 7) is 1.35. The van der Waals surface area contributed by atoms with E-state index in [-0.39, 0.29) is 15.9 Å². The highest BCUT2D eigenvalue weighted by molar-refractivity contribution is 9.10. The number of benzene rings is 1. The van der Waals surface area contributed by atoms with Crippen LogP contribution in [0.1, 0.15) is 16.2 Å². The van der Waals surface area contributed by atoms with Crippen LogP contribution in [0.15, 0.2) is 16.6 Å². The van der Waals surface area contributed by atoms with Crippen LogP contribution in [0.4, 0.5) is 13.3 Å². The lowest BCUT2D eigenvalue weighted by Crippen LogP contribution is -2.12. The molecule has 0 saturated heterocycles. The van der Waals surface area contributed by atoms with Gasteiger partial charge in [-0.3, -0.25) is 0 Å². The molecule has 0 aliphatic rings. The first kappa shape index (κ1) is 13.5.